The largest absolute Gasteiger partial charge is 0.342 e. The lowest BCUT2D eigenvalue weighted by Crippen LogP contribution is -2.51. The van der Waals surface area contributed by atoms with E-state index in [1.54, 1.807) is 24.3 Å². The van der Waals surface area contributed by atoms with Gasteiger partial charge in [0.05, 0.1) is 40.5 Å². The summed E-state index contributed by atoms with van der Waals surface area (Å²) in [6.45, 7) is 4.98. The zero-order chi connectivity index (χ0) is 27.1. The highest BCUT2D eigenvalue weighted by Gasteiger charge is 2.39. The van der Waals surface area contributed by atoms with E-state index in [4.69, 9.17) is 17.3 Å². The number of nitrogens with zero attached hydrogens (tertiary/aromatic N) is 5. The summed E-state index contributed by atoms with van der Waals surface area (Å²) in [7, 11) is -4.23. The van der Waals surface area contributed by atoms with Gasteiger partial charge >= 0.3 is 0 Å². The summed E-state index contributed by atoms with van der Waals surface area (Å²) in [5.41, 5.74) is 5.23. The van der Waals surface area contributed by atoms with Gasteiger partial charge in [-0.05, 0) is 55.8 Å². The summed E-state index contributed by atoms with van der Waals surface area (Å²) in [4.78, 5) is 27.7. The fourth-order valence-corrected chi connectivity index (χ4v) is 5.50. The first kappa shape index (κ1) is 26.6. The Morgan fingerprint density at radius 3 is 2.51 bits per heavy atom. The van der Waals surface area contributed by atoms with Gasteiger partial charge in [0.2, 0.25) is 11.7 Å². The van der Waals surface area contributed by atoms with E-state index in [0.29, 0.717) is 10.6 Å². The second-order valence-corrected chi connectivity index (χ2v) is 12.0. The molecule has 0 bridgehead atoms. The van der Waals surface area contributed by atoms with Crippen LogP contribution in [0.4, 0.5) is 10.1 Å². The van der Waals surface area contributed by atoms with Gasteiger partial charge in [-0.1, -0.05) is 23.7 Å². The van der Waals surface area contributed by atoms with Crippen molar-refractivity contribution in [1.29, 1.82) is 0 Å². The van der Waals surface area contributed by atoms with Gasteiger partial charge in [-0.25, -0.2) is 12.8 Å². The molecular formula is C23H25ClFN7O4S. The zero-order valence-corrected chi connectivity index (χ0v) is 21.8. The van der Waals surface area contributed by atoms with Crippen molar-refractivity contribution in [3.63, 3.8) is 0 Å². The van der Waals surface area contributed by atoms with Crippen LogP contribution in [0.15, 0.2) is 41.3 Å². The van der Waals surface area contributed by atoms with Crippen LogP contribution in [0.1, 0.15) is 26.3 Å². The Balaban J connectivity index is 1.90. The van der Waals surface area contributed by atoms with Crippen molar-refractivity contribution in [2.24, 2.45) is 5.73 Å². The molecule has 1 aromatic heterocycles. The zero-order valence-electron chi connectivity index (χ0n) is 20.3. The number of nitrogens with one attached hydrogen (secondary N) is 1. The highest BCUT2D eigenvalue weighted by molar-refractivity contribution is 7.91. The molecule has 14 heteroatoms. The van der Waals surface area contributed by atoms with Crippen LogP contribution < -0.4 is 16.0 Å². The number of tetrazole rings is 1. The molecule has 196 valence electrons. The molecule has 0 unspecified atom stereocenters. The maximum atomic E-state index is 15.3. The third-order valence-corrected chi connectivity index (χ3v) is 7.68. The molecule has 1 aliphatic heterocycles. The van der Waals surface area contributed by atoms with Crippen LogP contribution in [-0.4, -0.2) is 58.8 Å². The van der Waals surface area contributed by atoms with Crippen LogP contribution in [-0.2, 0) is 31.5 Å². The van der Waals surface area contributed by atoms with Gasteiger partial charge in [0.1, 0.15) is 11.9 Å². The predicted molar refractivity (Wildman–Crippen MR) is 134 cm³/mol. The van der Waals surface area contributed by atoms with E-state index in [2.05, 4.69) is 20.7 Å². The normalized spacial score (nSPS) is 17.3. The second-order valence-electron chi connectivity index (χ2n) is 9.53. The molecule has 0 aliphatic carbocycles. The lowest BCUT2D eigenvalue weighted by Gasteiger charge is -2.26. The highest BCUT2D eigenvalue weighted by atomic mass is 35.5. The number of nitrogens with two attached hydrogens (primary N) is 1. The second kappa shape index (κ2) is 9.80. The van der Waals surface area contributed by atoms with Gasteiger partial charge in [0.25, 0.3) is 5.91 Å². The van der Waals surface area contributed by atoms with E-state index in [0.717, 1.165) is 6.07 Å². The Morgan fingerprint density at radius 2 is 1.92 bits per heavy atom. The monoisotopic (exact) mass is 549 g/mol. The number of carbonyl (C=O) groups is 2. The molecule has 0 saturated carbocycles. The number of halogens is 2. The minimum Gasteiger partial charge on any atom is -0.342 e. The Bertz CT molecular complexity index is 1470. The summed E-state index contributed by atoms with van der Waals surface area (Å²) in [6.07, 6.45) is 0. The number of fused-ring (bicyclic) bond motifs is 1. The fraction of sp³-hybridized carbons (Fsp3) is 0.348. The summed E-state index contributed by atoms with van der Waals surface area (Å²) in [6, 6.07) is 7.20. The minimum atomic E-state index is -4.23. The topological polar surface area (TPSA) is 153 Å². The van der Waals surface area contributed by atoms with Gasteiger partial charge in [0.15, 0.2) is 9.84 Å². The van der Waals surface area contributed by atoms with Gasteiger partial charge in [-0.2, -0.15) is 4.80 Å². The van der Waals surface area contributed by atoms with Crippen LogP contribution in [0, 0.1) is 5.82 Å². The molecule has 0 fully saturated rings. The van der Waals surface area contributed by atoms with Crippen LogP contribution in [0.2, 0.25) is 5.02 Å². The van der Waals surface area contributed by atoms with E-state index in [-0.39, 0.29) is 23.6 Å². The maximum Gasteiger partial charge on any atom is 0.250 e. The first-order chi connectivity index (χ1) is 17.3. The first-order valence-corrected chi connectivity index (χ1v) is 13.3. The average molecular weight is 550 g/mol. The van der Waals surface area contributed by atoms with Crippen molar-refractivity contribution in [1.82, 2.24) is 25.5 Å². The van der Waals surface area contributed by atoms with Crippen LogP contribution >= 0.6 is 11.6 Å². The Labute approximate surface area is 217 Å². The van der Waals surface area contributed by atoms with Crippen molar-refractivity contribution in [2.45, 2.75) is 43.8 Å². The molecule has 37 heavy (non-hydrogen) atoms. The SMILES string of the molecule is CC(C)(C)n1nnc(-c2cc3c(cc2F)S(=O)(=O)C[C@H](NC(=O)CN)C(=O)N3Cc2ccc(Cl)cc2)n1. The molecule has 2 heterocycles. The van der Waals surface area contributed by atoms with Crippen molar-refractivity contribution in [3.05, 3.63) is 52.8 Å². The number of rotatable bonds is 5. The first-order valence-electron chi connectivity index (χ1n) is 11.2. The van der Waals surface area contributed by atoms with Crippen molar-refractivity contribution >= 4 is 38.9 Å². The summed E-state index contributed by atoms with van der Waals surface area (Å²) in [5.74, 6) is -3.16. The standard InChI is InChI=1S/C23H25ClFN7O4S/c1-23(2,3)32-29-21(28-30-32)15-8-18-19(9-16(15)25)37(35,36)12-17(27-20(33)10-26)22(34)31(18)11-13-4-6-14(24)7-5-13/h4-9,17H,10-12,26H2,1-3H3,(H,27,33)/t17-/m0/s1. The lowest BCUT2D eigenvalue weighted by atomic mass is 10.1. The number of aromatic nitrogens is 4. The number of sulfone groups is 1. The summed E-state index contributed by atoms with van der Waals surface area (Å²) >= 11 is 5.98. The van der Waals surface area contributed by atoms with E-state index >= 15 is 4.39 Å². The van der Waals surface area contributed by atoms with E-state index < -0.39 is 56.2 Å². The number of amides is 2. The summed E-state index contributed by atoms with van der Waals surface area (Å²) < 4.78 is 41.9. The Kier molecular flexibility index (Phi) is 7.06. The van der Waals surface area contributed by atoms with Crippen LogP contribution in [0.3, 0.4) is 0 Å². The maximum absolute atomic E-state index is 15.3. The van der Waals surface area contributed by atoms with E-state index in [9.17, 15) is 18.0 Å². The van der Waals surface area contributed by atoms with E-state index in [1.807, 2.05) is 20.8 Å². The average Bonchev–Trinajstić information content (AvgIpc) is 3.31. The fourth-order valence-electron chi connectivity index (χ4n) is 3.76. The number of benzene rings is 2. The smallest absolute Gasteiger partial charge is 0.250 e. The molecule has 2 amide bonds. The van der Waals surface area contributed by atoms with Crippen molar-refractivity contribution in [3.8, 4) is 11.4 Å². The number of carbonyl (C=O) groups excluding carboxylic acids is 2. The number of hydrogen-bond acceptors (Lipinski definition) is 8. The quantitative estimate of drug-likeness (QED) is 0.487. The van der Waals surface area contributed by atoms with Gasteiger partial charge in [0, 0.05) is 5.02 Å². The molecule has 0 radical (unpaired) electrons. The molecule has 0 saturated heterocycles. The summed E-state index contributed by atoms with van der Waals surface area (Å²) in [5, 5.41) is 15.0. The third-order valence-electron chi connectivity index (χ3n) is 5.65. The molecule has 1 aliphatic rings. The lowest BCUT2D eigenvalue weighted by molar-refractivity contribution is -0.126. The molecule has 1 atom stereocenters. The molecule has 3 N–H and O–H groups in total. The van der Waals surface area contributed by atoms with Crippen LogP contribution in [0.25, 0.3) is 11.4 Å². The third kappa shape index (κ3) is 5.48. The van der Waals surface area contributed by atoms with Crippen LogP contribution in [0.5, 0.6) is 0 Å². The van der Waals surface area contributed by atoms with Gasteiger partial charge in [-0.15, -0.1) is 10.2 Å². The van der Waals surface area contributed by atoms with Gasteiger partial charge < -0.3 is 16.0 Å². The Hall–Kier alpha value is -3.42. The predicted octanol–water partition coefficient (Wildman–Crippen LogP) is 1.65. The molecule has 3 aromatic rings. The Morgan fingerprint density at radius 1 is 1.24 bits per heavy atom. The minimum absolute atomic E-state index is 0.0760. The molecule has 2 aromatic carbocycles. The van der Waals surface area contributed by atoms with Crippen molar-refractivity contribution in [2.75, 3.05) is 17.2 Å². The van der Waals surface area contributed by atoms with E-state index in [1.165, 1.54) is 15.8 Å². The molecule has 0 spiro atoms. The molecular weight excluding hydrogens is 525 g/mol. The number of anilines is 1. The molecule has 4 rings (SSSR count). The highest BCUT2D eigenvalue weighted by Crippen LogP contribution is 2.36. The molecule has 11 nitrogen and oxygen atoms in total. The van der Waals surface area contributed by atoms with Crippen molar-refractivity contribution < 1.29 is 22.4 Å². The number of hydrogen-bond donors (Lipinski definition) is 2. The van der Waals surface area contributed by atoms with Gasteiger partial charge in [-0.3, -0.25) is 9.59 Å².